The lowest BCUT2D eigenvalue weighted by atomic mass is 9.84. The fourth-order valence-electron chi connectivity index (χ4n) is 4.73. The van der Waals surface area contributed by atoms with E-state index >= 15 is 0 Å². The van der Waals surface area contributed by atoms with Crippen molar-refractivity contribution >= 4 is 33.2 Å². The molecule has 1 atom stereocenters. The second-order valence-electron chi connectivity index (χ2n) is 7.46. The molecule has 0 saturated carbocycles. The Morgan fingerprint density at radius 3 is 2.24 bits per heavy atom. The number of hydrogen-bond acceptors (Lipinski definition) is 5. The van der Waals surface area contributed by atoms with Gasteiger partial charge in [0.1, 0.15) is 5.75 Å². The van der Waals surface area contributed by atoms with Gasteiger partial charge < -0.3 is 19.1 Å². The Balaban J connectivity index is 1.93. The van der Waals surface area contributed by atoms with Gasteiger partial charge in [-0.25, -0.2) is 0 Å². The molecule has 6 heteroatoms. The Morgan fingerprint density at radius 2 is 1.55 bits per heavy atom. The van der Waals surface area contributed by atoms with Crippen LogP contribution in [-0.4, -0.2) is 44.0 Å². The molecule has 0 aromatic heterocycles. The summed E-state index contributed by atoms with van der Waals surface area (Å²) in [5, 5.41) is 3.63. The zero-order valence-electron chi connectivity index (χ0n) is 16.6. The molecule has 0 N–H and O–H groups in total. The Kier molecular flexibility index (Phi) is 3.91. The predicted molar refractivity (Wildman–Crippen MR) is 109 cm³/mol. The van der Waals surface area contributed by atoms with Crippen LogP contribution >= 0.6 is 0 Å². The highest BCUT2D eigenvalue weighted by atomic mass is 16.5. The maximum Gasteiger partial charge on any atom is 0.223 e. The van der Waals surface area contributed by atoms with Crippen molar-refractivity contribution in [3.8, 4) is 17.2 Å². The summed E-state index contributed by atoms with van der Waals surface area (Å²) in [6, 6.07) is 9.22. The molecule has 3 aromatic rings. The monoisotopic (exact) mass is 391 g/mol. The third kappa shape index (κ3) is 2.41. The number of carbonyl (C=O) groups is 2. The van der Waals surface area contributed by atoms with E-state index in [1.807, 2.05) is 30.3 Å². The van der Waals surface area contributed by atoms with Gasteiger partial charge in [-0.15, -0.1) is 0 Å². The molecule has 0 radical (unpaired) electrons. The van der Waals surface area contributed by atoms with Crippen LogP contribution < -0.4 is 14.2 Å². The van der Waals surface area contributed by atoms with E-state index < -0.39 is 0 Å². The third-order valence-electron chi connectivity index (χ3n) is 6.14. The van der Waals surface area contributed by atoms with Crippen LogP contribution in [0.5, 0.6) is 17.2 Å². The van der Waals surface area contributed by atoms with Crippen molar-refractivity contribution in [1.82, 2.24) is 4.90 Å². The van der Waals surface area contributed by atoms with E-state index in [1.54, 1.807) is 26.2 Å². The van der Waals surface area contributed by atoms with Crippen molar-refractivity contribution in [2.75, 3.05) is 21.3 Å². The highest BCUT2D eigenvalue weighted by Gasteiger charge is 2.42. The molecule has 3 aromatic carbocycles. The van der Waals surface area contributed by atoms with Gasteiger partial charge in [0.15, 0.2) is 17.3 Å². The first-order chi connectivity index (χ1) is 14.1. The number of methoxy groups -OCH3 is 3. The molecule has 2 heterocycles. The highest BCUT2D eigenvalue weighted by molar-refractivity contribution is 6.22. The van der Waals surface area contributed by atoms with E-state index in [1.165, 1.54) is 0 Å². The fraction of sp³-hybridized carbons (Fsp3) is 0.304. The summed E-state index contributed by atoms with van der Waals surface area (Å²) in [4.78, 5) is 27.6. The van der Waals surface area contributed by atoms with Gasteiger partial charge in [0.2, 0.25) is 5.91 Å². The number of nitrogens with zero attached hydrogens (tertiary/aromatic N) is 1. The van der Waals surface area contributed by atoms with Crippen molar-refractivity contribution in [3.05, 3.63) is 41.5 Å². The summed E-state index contributed by atoms with van der Waals surface area (Å²) in [6.07, 6.45) is 1.00. The van der Waals surface area contributed by atoms with Crippen LogP contribution in [0.3, 0.4) is 0 Å². The molecule has 0 spiro atoms. The van der Waals surface area contributed by atoms with Gasteiger partial charge in [-0.3, -0.25) is 9.59 Å². The normalized spacial score (nSPS) is 18.2. The van der Waals surface area contributed by atoms with Gasteiger partial charge in [-0.1, -0.05) is 0 Å². The average molecular weight is 391 g/mol. The second-order valence-corrected chi connectivity index (χ2v) is 7.46. The summed E-state index contributed by atoms with van der Waals surface area (Å²) in [5.74, 6) is 1.98. The molecule has 2 aliphatic rings. The van der Waals surface area contributed by atoms with Gasteiger partial charge in [-0.05, 0) is 63.9 Å². The molecule has 148 valence electrons. The number of benzene rings is 3. The Morgan fingerprint density at radius 1 is 0.862 bits per heavy atom. The zero-order chi connectivity index (χ0) is 20.3. The van der Waals surface area contributed by atoms with Crippen molar-refractivity contribution < 1.29 is 23.8 Å². The SMILES string of the molecule is COc1ccc2c3c(c4cc(OC)c(OC)cc4c2c1)CN1C(=O)CC[C@H]1C3=O. The topological polar surface area (TPSA) is 65.1 Å². The number of carbonyl (C=O) groups excluding carboxylic acids is 2. The maximum atomic E-state index is 13.5. The standard InChI is InChI=1S/C23H21NO5/c1-27-12-4-5-13-14(8-12)15-9-19(28-2)20(29-3)10-16(15)17-11-24-18(6-7-21(24)25)23(26)22(13)17/h4-5,8-10,18H,6-7,11H2,1-3H3/t18-/m0/s1. The van der Waals surface area contributed by atoms with Gasteiger partial charge in [-0.2, -0.15) is 0 Å². The summed E-state index contributed by atoms with van der Waals surface area (Å²) >= 11 is 0. The van der Waals surface area contributed by atoms with E-state index in [2.05, 4.69) is 0 Å². The molecule has 29 heavy (non-hydrogen) atoms. The lowest BCUT2D eigenvalue weighted by molar-refractivity contribution is -0.129. The van der Waals surface area contributed by atoms with Crippen LogP contribution in [0.2, 0.25) is 0 Å². The summed E-state index contributed by atoms with van der Waals surface area (Å²) < 4.78 is 16.5. The van der Waals surface area contributed by atoms with E-state index in [9.17, 15) is 9.59 Å². The molecule has 1 amide bonds. The summed E-state index contributed by atoms with van der Waals surface area (Å²) in [6.45, 7) is 0.429. The van der Waals surface area contributed by atoms with Gasteiger partial charge in [0, 0.05) is 18.5 Å². The maximum absolute atomic E-state index is 13.5. The van der Waals surface area contributed by atoms with Gasteiger partial charge in [0.25, 0.3) is 0 Å². The van der Waals surface area contributed by atoms with Crippen molar-refractivity contribution in [3.63, 3.8) is 0 Å². The summed E-state index contributed by atoms with van der Waals surface area (Å²) in [5.41, 5.74) is 1.58. The van der Waals surface area contributed by atoms with Crippen LogP contribution in [0.1, 0.15) is 28.8 Å². The molecular formula is C23H21NO5. The predicted octanol–water partition coefficient (Wildman–Crippen LogP) is 3.71. The number of rotatable bonds is 3. The van der Waals surface area contributed by atoms with Gasteiger partial charge >= 0.3 is 0 Å². The zero-order valence-corrected chi connectivity index (χ0v) is 16.6. The molecule has 5 rings (SSSR count). The second kappa shape index (κ2) is 6.37. The minimum Gasteiger partial charge on any atom is -0.497 e. The first-order valence-electron chi connectivity index (χ1n) is 9.59. The van der Waals surface area contributed by atoms with E-state index in [-0.39, 0.29) is 17.7 Å². The molecule has 0 unspecified atom stereocenters. The van der Waals surface area contributed by atoms with E-state index in [0.717, 1.165) is 32.9 Å². The lowest BCUT2D eigenvalue weighted by Crippen LogP contribution is -2.42. The van der Waals surface area contributed by atoms with Crippen molar-refractivity contribution in [2.45, 2.75) is 25.4 Å². The number of hydrogen-bond donors (Lipinski definition) is 0. The minimum atomic E-state index is -0.363. The van der Waals surface area contributed by atoms with Crippen LogP contribution in [0, 0.1) is 0 Å². The number of ether oxygens (including phenoxy) is 3. The fourth-order valence-corrected chi connectivity index (χ4v) is 4.73. The quantitative estimate of drug-likeness (QED) is 0.637. The van der Waals surface area contributed by atoms with Crippen LogP contribution in [0.4, 0.5) is 0 Å². The largest absolute Gasteiger partial charge is 0.497 e. The molecule has 1 fully saturated rings. The smallest absolute Gasteiger partial charge is 0.223 e. The Bertz CT molecular complexity index is 1200. The minimum absolute atomic E-state index is 0.0175. The molecule has 0 bridgehead atoms. The van der Waals surface area contributed by atoms with Crippen LogP contribution in [0.25, 0.3) is 21.5 Å². The van der Waals surface area contributed by atoms with Gasteiger partial charge in [0.05, 0.1) is 27.4 Å². The molecular weight excluding hydrogens is 370 g/mol. The Labute approximate surface area is 167 Å². The Hall–Kier alpha value is -3.28. The van der Waals surface area contributed by atoms with Crippen LogP contribution in [0.15, 0.2) is 30.3 Å². The number of Topliss-reactive ketones (excluding diaryl/α,β-unsaturated/α-hetero) is 1. The van der Waals surface area contributed by atoms with Crippen LogP contribution in [-0.2, 0) is 11.3 Å². The van der Waals surface area contributed by atoms with E-state index in [0.29, 0.717) is 36.4 Å². The summed E-state index contributed by atoms with van der Waals surface area (Å²) in [7, 11) is 4.81. The molecule has 6 nitrogen and oxygen atoms in total. The molecule has 0 aliphatic carbocycles. The first kappa shape index (κ1) is 17.8. The number of fused-ring (bicyclic) bond motifs is 7. The van der Waals surface area contributed by atoms with Crippen molar-refractivity contribution in [1.29, 1.82) is 0 Å². The molecule has 1 saturated heterocycles. The number of amides is 1. The highest BCUT2D eigenvalue weighted by Crippen LogP contribution is 2.44. The average Bonchev–Trinajstić information content (AvgIpc) is 3.13. The van der Waals surface area contributed by atoms with E-state index in [4.69, 9.17) is 14.2 Å². The number of ketones is 1. The first-order valence-corrected chi connectivity index (χ1v) is 9.59. The third-order valence-corrected chi connectivity index (χ3v) is 6.14. The molecule has 2 aliphatic heterocycles. The van der Waals surface area contributed by atoms with Crippen molar-refractivity contribution in [2.24, 2.45) is 0 Å². The lowest BCUT2D eigenvalue weighted by Gasteiger charge is -2.32.